The number of fused-ring (bicyclic) bond motifs is 1. The van der Waals surface area contributed by atoms with E-state index in [1.807, 2.05) is 16.7 Å². The summed E-state index contributed by atoms with van der Waals surface area (Å²) in [7, 11) is 0. The molecule has 0 amide bonds. The minimum atomic E-state index is -0.00609. The van der Waals surface area contributed by atoms with Crippen molar-refractivity contribution < 1.29 is 4.79 Å². The van der Waals surface area contributed by atoms with E-state index < -0.39 is 0 Å². The number of nitrogens with zero attached hydrogens (tertiary/aromatic N) is 4. The van der Waals surface area contributed by atoms with Gasteiger partial charge in [0.15, 0.2) is 17.3 Å². The first-order valence-corrected chi connectivity index (χ1v) is 9.32. The summed E-state index contributed by atoms with van der Waals surface area (Å²) in [6.45, 7) is 4.38. The Bertz CT molecular complexity index is 903. The third kappa shape index (κ3) is 3.40. The molecule has 1 aromatic carbocycles. The molecule has 1 saturated heterocycles. The van der Waals surface area contributed by atoms with E-state index in [4.69, 9.17) is 0 Å². The van der Waals surface area contributed by atoms with Gasteiger partial charge in [0.2, 0.25) is 0 Å². The maximum Gasteiger partial charge on any atom is 0.195 e. The van der Waals surface area contributed by atoms with Crippen molar-refractivity contribution in [1.82, 2.24) is 19.4 Å². The van der Waals surface area contributed by atoms with Crippen LogP contribution in [0, 0.1) is 0 Å². The maximum absolute atomic E-state index is 12.1. The van der Waals surface area contributed by atoms with Gasteiger partial charge in [-0.2, -0.15) is 0 Å². The molecule has 0 aliphatic carbocycles. The Morgan fingerprint density at radius 1 is 1.15 bits per heavy atom. The first kappa shape index (κ1) is 16.9. The van der Waals surface area contributed by atoms with E-state index in [1.165, 1.54) is 18.4 Å². The zero-order valence-corrected chi connectivity index (χ0v) is 15.1. The molecule has 3 heterocycles. The van der Waals surface area contributed by atoms with Crippen molar-refractivity contribution in [3.8, 4) is 0 Å². The summed E-state index contributed by atoms with van der Waals surface area (Å²) >= 11 is 0. The van der Waals surface area contributed by atoms with Crippen molar-refractivity contribution in [2.75, 3.05) is 6.54 Å². The van der Waals surface area contributed by atoms with Crippen LogP contribution >= 0.6 is 0 Å². The number of aromatic nitrogens is 3. The van der Waals surface area contributed by atoms with E-state index in [1.54, 1.807) is 13.1 Å². The predicted molar refractivity (Wildman–Crippen MR) is 102 cm³/mol. The van der Waals surface area contributed by atoms with E-state index in [9.17, 15) is 4.79 Å². The summed E-state index contributed by atoms with van der Waals surface area (Å²) in [5, 5.41) is 0. The first-order valence-electron chi connectivity index (χ1n) is 9.32. The van der Waals surface area contributed by atoms with Crippen molar-refractivity contribution in [3.63, 3.8) is 0 Å². The standard InChI is InChI=1S/C21H24N4O/c1-16(26)20-23-19-11-7-12-22-21(19)25(20)15-18-10-5-6-13-24(18)14-17-8-3-2-4-9-17/h2-4,7-9,11-12,18H,5-6,10,13-15H2,1H3/t18-/m1/s1. The minimum absolute atomic E-state index is 0.00609. The summed E-state index contributed by atoms with van der Waals surface area (Å²) < 4.78 is 2.02. The van der Waals surface area contributed by atoms with E-state index >= 15 is 0 Å². The van der Waals surface area contributed by atoms with Crippen LogP contribution in [-0.2, 0) is 13.1 Å². The highest BCUT2D eigenvalue weighted by atomic mass is 16.1. The molecule has 0 spiro atoms. The number of likely N-dealkylation sites (tertiary alicyclic amines) is 1. The molecule has 5 heteroatoms. The van der Waals surface area contributed by atoms with Crippen LogP contribution < -0.4 is 0 Å². The number of rotatable bonds is 5. The van der Waals surface area contributed by atoms with Gasteiger partial charge in [0.25, 0.3) is 0 Å². The van der Waals surface area contributed by atoms with Crippen molar-refractivity contribution in [3.05, 3.63) is 60.0 Å². The van der Waals surface area contributed by atoms with Gasteiger partial charge in [0.1, 0.15) is 5.52 Å². The minimum Gasteiger partial charge on any atom is -0.305 e. The number of hydrogen-bond donors (Lipinski definition) is 0. The molecule has 0 unspecified atom stereocenters. The molecule has 26 heavy (non-hydrogen) atoms. The topological polar surface area (TPSA) is 51.0 Å². The maximum atomic E-state index is 12.1. The van der Waals surface area contributed by atoms with Crippen molar-refractivity contribution in [2.45, 2.75) is 45.3 Å². The molecule has 1 atom stereocenters. The van der Waals surface area contributed by atoms with Gasteiger partial charge in [-0.1, -0.05) is 36.8 Å². The fraction of sp³-hybridized carbons (Fsp3) is 0.381. The van der Waals surface area contributed by atoms with Gasteiger partial charge in [-0.05, 0) is 37.1 Å². The first-order chi connectivity index (χ1) is 12.7. The average molecular weight is 348 g/mol. The molecular weight excluding hydrogens is 324 g/mol. The van der Waals surface area contributed by atoms with Gasteiger partial charge in [-0.25, -0.2) is 9.97 Å². The number of benzene rings is 1. The summed E-state index contributed by atoms with van der Waals surface area (Å²) in [5.74, 6) is 0.511. The Morgan fingerprint density at radius 3 is 2.81 bits per heavy atom. The van der Waals surface area contributed by atoms with Gasteiger partial charge >= 0.3 is 0 Å². The molecule has 1 aliphatic heterocycles. The van der Waals surface area contributed by atoms with Crippen molar-refractivity contribution >= 4 is 16.9 Å². The molecule has 3 aromatic rings. The van der Waals surface area contributed by atoms with E-state index in [0.717, 1.165) is 37.2 Å². The normalized spacial score (nSPS) is 18.3. The Kier molecular flexibility index (Phi) is 4.80. The molecular formula is C21H24N4O. The van der Waals surface area contributed by atoms with E-state index in [2.05, 4.69) is 45.2 Å². The second kappa shape index (κ2) is 7.38. The highest BCUT2D eigenvalue weighted by molar-refractivity contribution is 5.94. The highest BCUT2D eigenvalue weighted by Crippen LogP contribution is 2.23. The van der Waals surface area contributed by atoms with E-state index in [0.29, 0.717) is 11.9 Å². The van der Waals surface area contributed by atoms with Gasteiger partial charge in [-0.3, -0.25) is 9.69 Å². The number of Topliss-reactive ketones (excluding diaryl/α,β-unsaturated/α-hetero) is 1. The number of imidazole rings is 1. The third-order valence-electron chi connectivity index (χ3n) is 5.19. The smallest absolute Gasteiger partial charge is 0.195 e. The van der Waals surface area contributed by atoms with Crippen LogP contribution in [0.15, 0.2) is 48.7 Å². The molecule has 0 saturated carbocycles. The fourth-order valence-electron chi connectivity index (χ4n) is 3.90. The lowest BCUT2D eigenvalue weighted by Gasteiger charge is -2.36. The van der Waals surface area contributed by atoms with E-state index in [-0.39, 0.29) is 5.78 Å². The second-order valence-electron chi connectivity index (χ2n) is 7.05. The molecule has 134 valence electrons. The number of hydrogen-bond acceptors (Lipinski definition) is 4. The largest absolute Gasteiger partial charge is 0.305 e. The Labute approximate surface area is 153 Å². The monoisotopic (exact) mass is 348 g/mol. The van der Waals surface area contributed by atoms with Crippen LogP contribution in [-0.4, -0.2) is 37.8 Å². The molecule has 1 fully saturated rings. The zero-order chi connectivity index (χ0) is 17.9. The molecule has 2 aromatic heterocycles. The molecule has 0 N–H and O–H groups in total. The summed E-state index contributed by atoms with van der Waals surface area (Å²) in [6, 6.07) is 14.8. The quantitative estimate of drug-likeness (QED) is 0.660. The average Bonchev–Trinajstić information content (AvgIpc) is 3.03. The number of piperidine rings is 1. The van der Waals surface area contributed by atoms with Crippen LogP contribution in [0.5, 0.6) is 0 Å². The van der Waals surface area contributed by atoms with Crippen molar-refractivity contribution in [2.24, 2.45) is 0 Å². The van der Waals surface area contributed by atoms with Crippen LogP contribution in [0.2, 0.25) is 0 Å². The third-order valence-corrected chi connectivity index (χ3v) is 5.19. The van der Waals surface area contributed by atoms with Crippen LogP contribution in [0.3, 0.4) is 0 Å². The molecule has 0 bridgehead atoms. The lowest BCUT2D eigenvalue weighted by molar-refractivity contribution is 0.0987. The van der Waals surface area contributed by atoms with Crippen LogP contribution in [0.1, 0.15) is 42.4 Å². The van der Waals surface area contributed by atoms with Crippen LogP contribution in [0.25, 0.3) is 11.2 Å². The molecule has 4 rings (SSSR count). The lowest BCUT2D eigenvalue weighted by Crippen LogP contribution is -2.42. The molecule has 5 nitrogen and oxygen atoms in total. The summed E-state index contributed by atoms with van der Waals surface area (Å²) in [5.41, 5.74) is 2.94. The summed E-state index contributed by atoms with van der Waals surface area (Å²) in [4.78, 5) is 23.7. The fourth-order valence-corrected chi connectivity index (χ4v) is 3.90. The number of ketones is 1. The number of carbonyl (C=O) groups excluding carboxylic acids is 1. The molecule has 0 radical (unpaired) electrons. The second-order valence-corrected chi connectivity index (χ2v) is 7.05. The Balaban J connectivity index is 1.63. The highest BCUT2D eigenvalue weighted by Gasteiger charge is 2.25. The predicted octanol–water partition coefficient (Wildman–Crippen LogP) is 3.69. The van der Waals surface area contributed by atoms with Gasteiger partial charge in [-0.15, -0.1) is 0 Å². The number of carbonyl (C=O) groups is 1. The van der Waals surface area contributed by atoms with Gasteiger partial charge < -0.3 is 4.57 Å². The number of pyridine rings is 1. The SMILES string of the molecule is CC(=O)c1nc2cccnc2n1C[C@H]1CCCCN1Cc1ccccc1. The zero-order valence-electron chi connectivity index (χ0n) is 15.1. The molecule has 1 aliphatic rings. The van der Waals surface area contributed by atoms with Crippen molar-refractivity contribution in [1.29, 1.82) is 0 Å². The Morgan fingerprint density at radius 2 is 2.00 bits per heavy atom. The lowest BCUT2D eigenvalue weighted by atomic mass is 10.0. The summed E-state index contributed by atoms with van der Waals surface area (Å²) in [6.07, 6.45) is 5.36. The van der Waals surface area contributed by atoms with Gasteiger partial charge in [0, 0.05) is 32.3 Å². The van der Waals surface area contributed by atoms with Gasteiger partial charge in [0.05, 0.1) is 0 Å². The Hall–Kier alpha value is -2.53. The van der Waals surface area contributed by atoms with Crippen LogP contribution in [0.4, 0.5) is 0 Å².